The van der Waals surface area contributed by atoms with Crippen molar-refractivity contribution in [1.82, 2.24) is 24.4 Å². The summed E-state index contributed by atoms with van der Waals surface area (Å²) in [5.74, 6) is 1.50. The molecule has 0 saturated heterocycles. The molecule has 4 rings (SSSR count). The summed E-state index contributed by atoms with van der Waals surface area (Å²) in [5.41, 5.74) is 1.99. The van der Waals surface area contributed by atoms with E-state index in [0.717, 1.165) is 21.6 Å². The zero-order valence-electron chi connectivity index (χ0n) is 12.9. The second-order valence-corrected chi connectivity index (χ2v) is 8.38. The maximum atomic E-state index is 6.10. The molecule has 0 saturated carbocycles. The summed E-state index contributed by atoms with van der Waals surface area (Å²) in [5, 5.41) is 15.8. The largest absolute Gasteiger partial charge is 0.297 e. The molecule has 4 aromatic rings. The van der Waals surface area contributed by atoms with E-state index in [9.17, 15) is 0 Å². The summed E-state index contributed by atoms with van der Waals surface area (Å²) < 4.78 is 6.64. The Labute approximate surface area is 161 Å². The average molecular weight is 406 g/mol. The third-order valence-electron chi connectivity index (χ3n) is 3.49. The molecule has 9 heteroatoms. The van der Waals surface area contributed by atoms with Gasteiger partial charge in [0.05, 0.1) is 11.4 Å². The first-order valence-electron chi connectivity index (χ1n) is 7.42. The number of thiophene rings is 1. The lowest BCUT2D eigenvalue weighted by Crippen LogP contribution is -2.03. The fraction of sp³-hybridized carbons (Fsp3) is 0.125. The summed E-state index contributed by atoms with van der Waals surface area (Å²) >= 11 is 10.5. The van der Waals surface area contributed by atoms with Gasteiger partial charge in [0, 0.05) is 17.3 Å². The molecule has 0 bridgehead atoms. The number of thioether (sulfide) groups is 1. The molecule has 25 heavy (non-hydrogen) atoms. The predicted octanol–water partition coefficient (Wildman–Crippen LogP) is 4.85. The van der Waals surface area contributed by atoms with E-state index in [-0.39, 0.29) is 0 Å². The topological polar surface area (TPSA) is 56.5 Å². The van der Waals surface area contributed by atoms with Gasteiger partial charge in [-0.25, -0.2) is 0 Å². The van der Waals surface area contributed by atoms with Gasteiger partial charge in [0.1, 0.15) is 10.0 Å². The summed E-state index contributed by atoms with van der Waals surface area (Å²) in [6.45, 7) is 0.715. The van der Waals surface area contributed by atoms with Crippen molar-refractivity contribution in [1.29, 1.82) is 0 Å². The Morgan fingerprint density at radius 3 is 2.64 bits per heavy atom. The van der Waals surface area contributed by atoms with Crippen LogP contribution >= 0.6 is 46.2 Å². The van der Waals surface area contributed by atoms with Crippen LogP contribution in [-0.2, 0) is 12.3 Å². The number of hydrogen-bond donors (Lipinski definition) is 0. The molecule has 3 aromatic heterocycles. The van der Waals surface area contributed by atoms with Crippen LogP contribution in [0.4, 0.5) is 0 Å². The average Bonchev–Trinajstić information content (AvgIpc) is 3.36. The van der Waals surface area contributed by atoms with Gasteiger partial charge in [-0.05, 0) is 17.0 Å². The zero-order chi connectivity index (χ0) is 17.1. The lowest BCUT2D eigenvalue weighted by molar-refractivity contribution is 0.715. The molecular weight excluding hydrogens is 394 g/mol. The second-order valence-electron chi connectivity index (χ2n) is 5.14. The molecule has 0 atom stereocenters. The third kappa shape index (κ3) is 3.77. The van der Waals surface area contributed by atoms with E-state index < -0.39 is 0 Å². The predicted molar refractivity (Wildman–Crippen MR) is 103 cm³/mol. The number of aromatic nitrogens is 5. The molecule has 126 valence electrons. The van der Waals surface area contributed by atoms with Crippen molar-refractivity contribution in [2.75, 3.05) is 0 Å². The molecule has 0 aliphatic carbocycles. The van der Waals surface area contributed by atoms with Gasteiger partial charge in [-0.1, -0.05) is 64.2 Å². The first-order chi connectivity index (χ1) is 12.3. The molecule has 0 N–H and O–H groups in total. The minimum Gasteiger partial charge on any atom is -0.297 e. The molecule has 0 unspecified atom stereocenters. The Morgan fingerprint density at radius 1 is 1.04 bits per heavy atom. The van der Waals surface area contributed by atoms with Crippen LogP contribution in [0, 0.1) is 0 Å². The summed E-state index contributed by atoms with van der Waals surface area (Å²) in [7, 11) is 0. The highest BCUT2D eigenvalue weighted by atomic mass is 35.5. The van der Waals surface area contributed by atoms with Crippen LogP contribution in [0.1, 0.15) is 11.3 Å². The van der Waals surface area contributed by atoms with Crippen LogP contribution < -0.4 is 0 Å². The van der Waals surface area contributed by atoms with Crippen molar-refractivity contribution < 1.29 is 0 Å². The van der Waals surface area contributed by atoms with E-state index in [1.807, 2.05) is 29.6 Å². The van der Waals surface area contributed by atoms with Crippen molar-refractivity contribution in [3.63, 3.8) is 0 Å². The van der Waals surface area contributed by atoms with Crippen molar-refractivity contribution >= 4 is 46.2 Å². The Morgan fingerprint density at radius 2 is 1.92 bits per heavy atom. The number of nitrogens with zero attached hydrogens (tertiary/aromatic N) is 5. The number of halogens is 1. The van der Waals surface area contributed by atoms with E-state index in [1.54, 1.807) is 23.1 Å². The Hall–Kier alpha value is -1.74. The number of hydrogen-bond acceptors (Lipinski definition) is 7. The van der Waals surface area contributed by atoms with Crippen LogP contribution in [0.15, 0.2) is 53.0 Å². The number of rotatable bonds is 6. The Kier molecular flexibility index (Phi) is 5.12. The van der Waals surface area contributed by atoms with Crippen LogP contribution in [0.2, 0.25) is 4.34 Å². The minimum absolute atomic E-state index is 0.618. The third-order valence-corrected chi connectivity index (χ3v) is 6.32. The first kappa shape index (κ1) is 16.7. The van der Waals surface area contributed by atoms with Gasteiger partial charge in [0.25, 0.3) is 0 Å². The molecule has 0 aliphatic rings. The van der Waals surface area contributed by atoms with Gasteiger partial charge >= 0.3 is 0 Å². The fourth-order valence-corrected chi connectivity index (χ4v) is 4.70. The minimum atomic E-state index is 0.618. The van der Waals surface area contributed by atoms with Crippen molar-refractivity contribution in [2.45, 2.75) is 17.5 Å². The molecule has 0 spiro atoms. The lowest BCUT2D eigenvalue weighted by atomic mass is 10.2. The standard InChI is InChI=1S/C16H12ClN5S3/c17-14-12(18-21-25-14)10-24-16-20-19-15(13-7-4-8-23-13)22(16)9-11-5-2-1-3-6-11/h1-8H,9-10H2. The maximum Gasteiger partial charge on any atom is 0.192 e. The first-order valence-corrected chi connectivity index (χ1v) is 10.4. The van der Waals surface area contributed by atoms with Gasteiger partial charge in [0.2, 0.25) is 0 Å². The van der Waals surface area contributed by atoms with Crippen molar-refractivity contribution in [3.05, 3.63) is 63.4 Å². The van der Waals surface area contributed by atoms with Crippen molar-refractivity contribution in [2.24, 2.45) is 0 Å². The van der Waals surface area contributed by atoms with Crippen LogP contribution in [-0.4, -0.2) is 24.4 Å². The van der Waals surface area contributed by atoms with Gasteiger partial charge in [-0.3, -0.25) is 4.57 Å². The molecule has 0 fully saturated rings. The number of benzene rings is 1. The van der Waals surface area contributed by atoms with Crippen LogP contribution in [0.25, 0.3) is 10.7 Å². The Bertz CT molecular complexity index is 949. The molecule has 3 heterocycles. The molecule has 0 radical (unpaired) electrons. The summed E-state index contributed by atoms with van der Waals surface area (Å²) in [6, 6.07) is 14.4. The van der Waals surface area contributed by atoms with Gasteiger partial charge in [-0.2, -0.15) is 0 Å². The highest BCUT2D eigenvalue weighted by molar-refractivity contribution is 7.98. The van der Waals surface area contributed by atoms with E-state index in [4.69, 9.17) is 11.6 Å². The Balaban J connectivity index is 1.65. The van der Waals surface area contributed by atoms with E-state index >= 15 is 0 Å². The summed E-state index contributed by atoms with van der Waals surface area (Å²) in [6.07, 6.45) is 0. The van der Waals surface area contributed by atoms with Crippen LogP contribution in [0.3, 0.4) is 0 Å². The SMILES string of the molecule is Clc1snnc1CSc1nnc(-c2cccs2)n1Cc1ccccc1. The quantitative estimate of drug-likeness (QED) is 0.429. The van der Waals surface area contributed by atoms with Crippen molar-refractivity contribution in [3.8, 4) is 10.7 Å². The zero-order valence-corrected chi connectivity index (χ0v) is 16.1. The molecule has 1 aromatic carbocycles. The highest BCUT2D eigenvalue weighted by Gasteiger charge is 2.17. The smallest absolute Gasteiger partial charge is 0.192 e. The molecule has 0 amide bonds. The van der Waals surface area contributed by atoms with Gasteiger partial charge in [0.15, 0.2) is 11.0 Å². The van der Waals surface area contributed by atoms with Gasteiger partial charge < -0.3 is 0 Å². The second kappa shape index (κ2) is 7.65. The van der Waals surface area contributed by atoms with E-state index in [2.05, 4.69) is 42.6 Å². The van der Waals surface area contributed by atoms with E-state index in [0.29, 0.717) is 16.6 Å². The monoisotopic (exact) mass is 405 g/mol. The maximum absolute atomic E-state index is 6.10. The highest BCUT2D eigenvalue weighted by Crippen LogP contribution is 2.31. The lowest BCUT2D eigenvalue weighted by Gasteiger charge is -2.09. The van der Waals surface area contributed by atoms with E-state index in [1.165, 1.54) is 17.1 Å². The normalized spacial score (nSPS) is 11.1. The van der Waals surface area contributed by atoms with Crippen LogP contribution in [0.5, 0.6) is 0 Å². The summed E-state index contributed by atoms with van der Waals surface area (Å²) in [4.78, 5) is 1.10. The molecule has 0 aliphatic heterocycles. The molecule has 5 nitrogen and oxygen atoms in total. The molecular formula is C16H12ClN5S3. The van der Waals surface area contributed by atoms with Gasteiger partial charge in [-0.15, -0.1) is 26.6 Å². The fourth-order valence-electron chi connectivity index (χ4n) is 2.31.